The first-order valence-corrected chi connectivity index (χ1v) is 6.85. The van der Waals surface area contributed by atoms with Gasteiger partial charge in [-0.05, 0) is 19.4 Å². The van der Waals surface area contributed by atoms with Crippen LogP contribution in [0.2, 0.25) is 0 Å². The Morgan fingerprint density at radius 1 is 1.30 bits per heavy atom. The molecule has 2 amide bonds. The van der Waals surface area contributed by atoms with E-state index in [1.807, 2.05) is 6.92 Å². The number of nitrogens with one attached hydrogen (secondary N) is 1. The van der Waals surface area contributed by atoms with Gasteiger partial charge in [-0.25, -0.2) is 9.59 Å². The molecular weight excluding hydrogens is 276 g/mol. The Morgan fingerprint density at radius 3 is 2.30 bits per heavy atom. The van der Waals surface area contributed by atoms with Gasteiger partial charge in [0, 0.05) is 18.0 Å². The molecule has 1 aromatic heterocycles. The third-order valence-corrected chi connectivity index (χ3v) is 3.93. The van der Waals surface area contributed by atoms with Crippen molar-refractivity contribution in [2.75, 3.05) is 18.4 Å². The van der Waals surface area contributed by atoms with Gasteiger partial charge in [0.25, 0.3) is 0 Å². The van der Waals surface area contributed by atoms with E-state index in [1.54, 1.807) is 19.1 Å². The van der Waals surface area contributed by atoms with Gasteiger partial charge in [-0.2, -0.15) is 0 Å². The summed E-state index contributed by atoms with van der Waals surface area (Å²) in [5, 5.41) is 12.2. The summed E-state index contributed by atoms with van der Waals surface area (Å²) in [6.07, 6.45) is 3.21. The van der Waals surface area contributed by atoms with Gasteiger partial charge in [0.15, 0.2) is 0 Å². The molecule has 0 aliphatic carbocycles. The Morgan fingerprint density at radius 2 is 1.85 bits per heavy atom. The molecule has 0 spiro atoms. The van der Waals surface area contributed by atoms with Crippen molar-refractivity contribution in [2.45, 2.75) is 13.8 Å². The minimum absolute atomic E-state index is 0.151. The summed E-state index contributed by atoms with van der Waals surface area (Å²) in [6.45, 7) is 11.5. The Kier molecular flexibility index (Phi) is 5.52. The lowest BCUT2D eigenvalue weighted by Crippen LogP contribution is -2.35. The molecule has 0 aromatic carbocycles. The second-order valence-corrected chi connectivity index (χ2v) is 5.43. The molecule has 0 saturated heterocycles. The molecule has 0 fully saturated rings. The molecule has 0 bridgehead atoms. The Bertz CT molecular complexity index is 539. The highest BCUT2D eigenvalue weighted by atomic mass is 32.1. The molecule has 1 rings (SSSR count). The molecule has 0 atom stereocenters. The van der Waals surface area contributed by atoms with Gasteiger partial charge < -0.3 is 10.0 Å². The van der Waals surface area contributed by atoms with Crippen molar-refractivity contribution in [3.8, 4) is 0 Å². The van der Waals surface area contributed by atoms with E-state index in [9.17, 15) is 14.7 Å². The molecule has 0 radical (unpaired) electrons. The van der Waals surface area contributed by atoms with Crippen LogP contribution in [0.1, 0.15) is 20.8 Å². The second kappa shape index (κ2) is 6.91. The molecule has 2 N–H and O–H groups in total. The number of carbonyl (C=O) groups is 2. The summed E-state index contributed by atoms with van der Waals surface area (Å²) >= 11 is 1.26. The number of rotatable bonds is 6. The van der Waals surface area contributed by atoms with E-state index >= 15 is 0 Å². The first-order valence-electron chi connectivity index (χ1n) is 6.03. The van der Waals surface area contributed by atoms with Crippen LogP contribution in [0.15, 0.2) is 25.3 Å². The molecule has 5 nitrogen and oxygen atoms in total. The summed E-state index contributed by atoms with van der Waals surface area (Å²) in [4.78, 5) is 25.7. The van der Waals surface area contributed by atoms with Crippen LogP contribution in [0.3, 0.4) is 0 Å². The van der Waals surface area contributed by atoms with E-state index in [1.165, 1.54) is 16.2 Å². The van der Waals surface area contributed by atoms with E-state index in [0.717, 1.165) is 4.88 Å². The number of urea groups is 1. The zero-order chi connectivity index (χ0) is 15.3. The van der Waals surface area contributed by atoms with E-state index in [-0.39, 0.29) is 11.6 Å². The highest BCUT2D eigenvalue weighted by Gasteiger charge is 2.21. The standard InChI is InChI=1S/C14H18N2O3S/c1-5-7-16(8-6-2)14(19)15-12-11(13(17)18)9(3)10(4)20-12/h5-6H,1-2,7-8H2,3-4H3,(H,15,19)(H,17,18). The minimum atomic E-state index is -1.04. The van der Waals surface area contributed by atoms with E-state index in [4.69, 9.17) is 0 Å². The van der Waals surface area contributed by atoms with Crippen molar-refractivity contribution in [3.05, 3.63) is 41.3 Å². The SMILES string of the molecule is C=CCN(CC=C)C(=O)Nc1sc(C)c(C)c1C(=O)O. The lowest BCUT2D eigenvalue weighted by molar-refractivity contribution is 0.0697. The van der Waals surface area contributed by atoms with Crippen molar-refractivity contribution < 1.29 is 14.7 Å². The minimum Gasteiger partial charge on any atom is -0.478 e. The number of carboxylic acids is 1. The number of nitrogens with zero attached hydrogens (tertiary/aromatic N) is 1. The molecule has 108 valence electrons. The Hall–Kier alpha value is -2.08. The van der Waals surface area contributed by atoms with E-state index in [2.05, 4.69) is 18.5 Å². The van der Waals surface area contributed by atoms with Crippen LogP contribution < -0.4 is 5.32 Å². The zero-order valence-electron chi connectivity index (χ0n) is 11.6. The van der Waals surface area contributed by atoms with Crippen LogP contribution in [0.5, 0.6) is 0 Å². The normalized spacial score (nSPS) is 9.90. The quantitative estimate of drug-likeness (QED) is 0.791. The number of carboxylic acid groups (broad SMARTS) is 1. The van der Waals surface area contributed by atoms with Gasteiger partial charge in [-0.3, -0.25) is 5.32 Å². The smallest absolute Gasteiger partial charge is 0.338 e. The average molecular weight is 294 g/mol. The lowest BCUT2D eigenvalue weighted by atomic mass is 10.1. The molecule has 1 heterocycles. The largest absolute Gasteiger partial charge is 0.478 e. The number of anilines is 1. The fraction of sp³-hybridized carbons (Fsp3) is 0.286. The topological polar surface area (TPSA) is 69.6 Å². The second-order valence-electron chi connectivity index (χ2n) is 4.21. The van der Waals surface area contributed by atoms with Crippen molar-refractivity contribution >= 4 is 28.3 Å². The molecule has 0 unspecified atom stereocenters. The van der Waals surface area contributed by atoms with Gasteiger partial charge in [-0.1, -0.05) is 12.2 Å². The van der Waals surface area contributed by atoms with Crippen LogP contribution in [0, 0.1) is 13.8 Å². The van der Waals surface area contributed by atoms with Gasteiger partial charge >= 0.3 is 12.0 Å². The van der Waals surface area contributed by atoms with Crippen LogP contribution in [0.25, 0.3) is 0 Å². The predicted molar refractivity (Wildman–Crippen MR) is 81.7 cm³/mol. The number of carbonyl (C=O) groups excluding carboxylic acids is 1. The maximum Gasteiger partial charge on any atom is 0.338 e. The molecule has 6 heteroatoms. The molecule has 0 saturated carbocycles. The monoisotopic (exact) mass is 294 g/mol. The van der Waals surface area contributed by atoms with Gasteiger partial charge in [0.05, 0.1) is 5.56 Å². The predicted octanol–water partition coefficient (Wildman–Crippen LogP) is 3.27. The first-order chi connectivity index (χ1) is 9.42. The molecule has 20 heavy (non-hydrogen) atoms. The van der Waals surface area contributed by atoms with Crippen molar-refractivity contribution in [3.63, 3.8) is 0 Å². The number of hydrogen-bond acceptors (Lipinski definition) is 3. The average Bonchev–Trinajstić information content (AvgIpc) is 2.64. The summed E-state index contributed by atoms with van der Waals surface area (Å²) in [5.41, 5.74) is 0.829. The van der Waals surface area contributed by atoms with Gasteiger partial charge in [0.2, 0.25) is 0 Å². The number of aryl methyl sites for hydroxylation is 1. The number of amides is 2. The number of aromatic carboxylic acids is 1. The molecule has 0 aliphatic heterocycles. The highest BCUT2D eigenvalue weighted by molar-refractivity contribution is 7.16. The zero-order valence-corrected chi connectivity index (χ0v) is 12.4. The maximum atomic E-state index is 12.1. The van der Waals surface area contributed by atoms with Crippen LogP contribution in [-0.4, -0.2) is 35.1 Å². The molecule has 0 aliphatic rings. The maximum absolute atomic E-state index is 12.1. The number of thiophene rings is 1. The fourth-order valence-electron chi connectivity index (χ4n) is 1.70. The van der Waals surface area contributed by atoms with Crippen molar-refractivity contribution in [2.24, 2.45) is 0 Å². The van der Waals surface area contributed by atoms with Gasteiger partial charge in [0.1, 0.15) is 5.00 Å². The van der Waals surface area contributed by atoms with Crippen molar-refractivity contribution in [1.29, 1.82) is 0 Å². The van der Waals surface area contributed by atoms with Crippen LogP contribution in [0.4, 0.5) is 9.80 Å². The summed E-state index contributed by atoms with van der Waals surface area (Å²) in [5.74, 6) is -1.04. The Balaban J connectivity index is 3.00. The summed E-state index contributed by atoms with van der Waals surface area (Å²) < 4.78 is 0. The first kappa shape index (κ1) is 16.0. The van der Waals surface area contributed by atoms with Gasteiger partial charge in [-0.15, -0.1) is 24.5 Å². The van der Waals surface area contributed by atoms with Crippen LogP contribution >= 0.6 is 11.3 Å². The van der Waals surface area contributed by atoms with Crippen molar-refractivity contribution in [1.82, 2.24) is 4.90 Å². The van der Waals surface area contributed by atoms with E-state index in [0.29, 0.717) is 23.7 Å². The van der Waals surface area contributed by atoms with Crippen LogP contribution in [-0.2, 0) is 0 Å². The molecule has 1 aromatic rings. The number of hydrogen-bond donors (Lipinski definition) is 2. The van der Waals surface area contributed by atoms with E-state index < -0.39 is 5.97 Å². The summed E-state index contributed by atoms with van der Waals surface area (Å²) in [7, 11) is 0. The summed E-state index contributed by atoms with van der Waals surface area (Å²) in [6, 6.07) is -0.367. The fourth-order valence-corrected chi connectivity index (χ4v) is 2.74. The Labute approximate surface area is 122 Å². The molecular formula is C14H18N2O3S. The third kappa shape index (κ3) is 3.48. The third-order valence-electron chi connectivity index (χ3n) is 2.81. The highest BCUT2D eigenvalue weighted by Crippen LogP contribution is 2.32. The lowest BCUT2D eigenvalue weighted by Gasteiger charge is -2.19.